The number of likely N-dealkylation sites (tertiary alicyclic amines) is 1. The minimum Gasteiger partial charge on any atom is -0.355 e. The first kappa shape index (κ1) is 15.0. The van der Waals surface area contributed by atoms with E-state index in [1.54, 1.807) is 0 Å². The van der Waals surface area contributed by atoms with Crippen LogP contribution in [0.3, 0.4) is 0 Å². The lowest BCUT2D eigenvalue weighted by molar-refractivity contribution is 0.141. The molecule has 0 unspecified atom stereocenters. The van der Waals surface area contributed by atoms with E-state index >= 15 is 0 Å². The van der Waals surface area contributed by atoms with E-state index in [0.29, 0.717) is 0 Å². The summed E-state index contributed by atoms with van der Waals surface area (Å²) in [5, 5.41) is 1.32. The first-order valence-corrected chi connectivity index (χ1v) is 9.17. The standard InChI is InChI=1S/C19H28N4/c1-14-15(2)21-18-17(14)6-9-20-19(18)23-12-7-16(8-13-23)22-10-4-3-5-11-22/h6,9,16,21H,3-5,7-8,10-13H2,1-2H3. The molecule has 0 aromatic carbocycles. The summed E-state index contributed by atoms with van der Waals surface area (Å²) in [6.07, 6.45) is 8.72. The first-order chi connectivity index (χ1) is 11.2. The van der Waals surface area contributed by atoms with E-state index in [-0.39, 0.29) is 0 Å². The summed E-state index contributed by atoms with van der Waals surface area (Å²) in [6, 6.07) is 2.93. The molecule has 0 radical (unpaired) electrons. The summed E-state index contributed by atoms with van der Waals surface area (Å²) in [7, 11) is 0. The van der Waals surface area contributed by atoms with Gasteiger partial charge in [-0.05, 0) is 64.3 Å². The lowest BCUT2D eigenvalue weighted by Gasteiger charge is -2.40. The van der Waals surface area contributed by atoms with Crippen molar-refractivity contribution in [2.45, 2.75) is 52.0 Å². The van der Waals surface area contributed by atoms with Gasteiger partial charge in [-0.1, -0.05) is 6.42 Å². The number of H-pyrrole nitrogens is 1. The SMILES string of the molecule is Cc1[nH]c2c(N3CCC(N4CCCCC4)CC3)nccc2c1C. The molecule has 2 aromatic rings. The lowest BCUT2D eigenvalue weighted by Crippen LogP contribution is -2.47. The highest BCUT2D eigenvalue weighted by Gasteiger charge is 2.27. The Kier molecular flexibility index (Phi) is 4.02. The number of nitrogens with one attached hydrogen (secondary N) is 1. The molecule has 4 nitrogen and oxygen atoms in total. The molecule has 23 heavy (non-hydrogen) atoms. The highest BCUT2D eigenvalue weighted by Crippen LogP contribution is 2.30. The van der Waals surface area contributed by atoms with Crippen LogP contribution in [0, 0.1) is 13.8 Å². The fourth-order valence-corrected chi connectivity index (χ4v) is 4.34. The van der Waals surface area contributed by atoms with Crippen LogP contribution in [0.5, 0.6) is 0 Å². The van der Waals surface area contributed by atoms with Crippen LogP contribution in [-0.4, -0.2) is 47.1 Å². The predicted octanol–water partition coefficient (Wildman–Crippen LogP) is 3.63. The number of aromatic amines is 1. The van der Waals surface area contributed by atoms with E-state index < -0.39 is 0 Å². The molecule has 4 heteroatoms. The first-order valence-electron chi connectivity index (χ1n) is 9.17. The summed E-state index contributed by atoms with van der Waals surface area (Å²) in [5.74, 6) is 1.15. The number of hydrogen-bond acceptors (Lipinski definition) is 3. The largest absolute Gasteiger partial charge is 0.355 e. The van der Waals surface area contributed by atoms with Gasteiger partial charge in [0.25, 0.3) is 0 Å². The topological polar surface area (TPSA) is 35.2 Å². The molecule has 0 spiro atoms. The Morgan fingerprint density at radius 2 is 1.78 bits per heavy atom. The van der Waals surface area contributed by atoms with E-state index in [2.05, 4.69) is 34.7 Å². The van der Waals surface area contributed by atoms with Crippen LogP contribution in [0.2, 0.25) is 0 Å². The van der Waals surface area contributed by atoms with Gasteiger partial charge >= 0.3 is 0 Å². The van der Waals surface area contributed by atoms with Crippen LogP contribution in [-0.2, 0) is 0 Å². The summed E-state index contributed by atoms with van der Waals surface area (Å²) in [4.78, 5) is 13.5. The third-order valence-corrected chi connectivity index (χ3v) is 5.88. The van der Waals surface area contributed by atoms with E-state index in [0.717, 1.165) is 24.9 Å². The average molecular weight is 312 g/mol. The quantitative estimate of drug-likeness (QED) is 0.919. The van der Waals surface area contributed by atoms with Crippen molar-refractivity contribution in [3.63, 3.8) is 0 Å². The number of aryl methyl sites for hydroxylation is 2. The Bertz CT molecular complexity index is 676. The highest BCUT2D eigenvalue weighted by molar-refractivity contribution is 5.92. The van der Waals surface area contributed by atoms with Crippen molar-refractivity contribution < 1.29 is 0 Å². The van der Waals surface area contributed by atoms with Gasteiger partial charge in [0.1, 0.15) is 0 Å². The Hall–Kier alpha value is -1.55. The fourth-order valence-electron chi connectivity index (χ4n) is 4.34. The number of anilines is 1. The van der Waals surface area contributed by atoms with Crippen LogP contribution in [0.25, 0.3) is 10.9 Å². The van der Waals surface area contributed by atoms with Crippen molar-refractivity contribution in [2.75, 3.05) is 31.1 Å². The third kappa shape index (κ3) is 2.74. The highest BCUT2D eigenvalue weighted by atomic mass is 15.2. The monoisotopic (exact) mass is 312 g/mol. The molecule has 1 N–H and O–H groups in total. The Labute approximate surface area is 138 Å². The fraction of sp³-hybridized carbons (Fsp3) is 0.632. The van der Waals surface area contributed by atoms with Gasteiger partial charge in [0, 0.05) is 36.4 Å². The van der Waals surface area contributed by atoms with Gasteiger partial charge in [-0.15, -0.1) is 0 Å². The third-order valence-electron chi connectivity index (χ3n) is 5.88. The van der Waals surface area contributed by atoms with E-state index in [1.807, 2.05) is 6.20 Å². The van der Waals surface area contributed by atoms with E-state index in [9.17, 15) is 0 Å². The minimum absolute atomic E-state index is 0.790. The maximum absolute atomic E-state index is 4.70. The molecular weight excluding hydrogens is 284 g/mol. The zero-order valence-electron chi connectivity index (χ0n) is 14.4. The van der Waals surface area contributed by atoms with Crippen molar-refractivity contribution in [1.82, 2.24) is 14.9 Å². The second kappa shape index (κ2) is 6.16. The molecular formula is C19H28N4. The van der Waals surface area contributed by atoms with Crippen molar-refractivity contribution in [3.05, 3.63) is 23.5 Å². The van der Waals surface area contributed by atoms with Gasteiger partial charge in [0.05, 0.1) is 5.52 Å². The van der Waals surface area contributed by atoms with Crippen LogP contribution in [0.1, 0.15) is 43.4 Å². The number of aromatic nitrogens is 2. The van der Waals surface area contributed by atoms with Crippen LogP contribution >= 0.6 is 0 Å². The average Bonchev–Trinajstić information content (AvgIpc) is 2.91. The van der Waals surface area contributed by atoms with E-state index in [4.69, 9.17) is 4.98 Å². The van der Waals surface area contributed by atoms with Gasteiger partial charge in [-0.3, -0.25) is 0 Å². The van der Waals surface area contributed by atoms with Gasteiger partial charge in [-0.25, -0.2) is 4.98 Å². The van der Waals surface area contributed by atoms with Crippen LogP contribution in [0.4, 0.5) is 5.82 Å². The molecule has 0 bridgehead atoms. The number of pyridine rings is 1. The molecule has 0 aliphatic carbocycles. The lowest BCUT2D eigenvalue weighted by atomic mass is 10.00. The smallest absolute Gasteiger partial charge is 0.152 e. The van der Waals surface area contributed by atoms with Crippen LogP contribution in [0.15, 0.2) is 12.3 Å². The zero-order chi connectivity index (χ0) is 15.8. The number of hydrogen-bond donors (Lipinski definition) is 1. The number of rotatable bonds is 2. The molecule has 2 aliphatic heterocycles. The molecule has 2 fully saturated rings. The molecule has 0 amide bonds. The normalized spacial score (nSPS) is 21.2. The summed E-state index contributed by atoms with van der Waals surface area (Å²) in [5.41, 5.74) is 3.84. The van der Waals surface area contributed by atoms with Gasteiger partial charge in [-0.2, -0.15) is 0 Å². The number of piperidine rings is 2. The molecule has 124 valence electrons. The molecule has 0 saturated carbocycles. The second-order valence-corrected chi connectivity index (χ2v) is 7.25. The molecule has 4 heterocycles. The van der Waals surface area contributed by atoms with E-state index in [1.165, 1.54) is 67.4 Å². The van der Waals surface area contributed by atoms with Crippen molar-refractivity contribution >= 4 is 16.7 Å². The van der Waals surface area contributed by atoms with Crippen LogP contribution < -0.4 is 4.90 Å². The molecule has 2 aliphatic rings. The van der Waals surface area contributed by atoms with Gasteiger partial charge in [0.15, 0.2) is 5.82 Å². The van der Waals surface area contributed by atoms with Gasteiger partial charge in [0.2, 0.25) is 0 Å². The summed E-state index contributed by atoms with van der Waals surface area (Å²) in [6.45, 7) is 9.23. The molecule has 2 aromatic heterocycles. The Morgan fingerprint density at radius 3 is 2.52 bits per heavy atom. The number of fused-ring (bicyclic) bond motifs is 1. The van der Waals surface area contributed by atoms with Crippen molar-refractivity contribution in [2.24, 2.45) is 0 Å². The second-order valence-electron chi connectivity index (χ2n) is 7.25. The summed E-state index contributed by atoms with van der Waals surface area (Å²) >= 11 is 0. The molecule has 2 saturated heterocycles. The van der Waals surface area contributed by atoms with Crippen molar-refractivity contribution in [1.29, 1.82) is 0 Å². The maximum Gasteiger partial charge on any atom is 0.152 e. The molecule has 0 atom stereocenters. The minimum atomic E-state index is 0.790. The zero-order valence-corrected chi connectivity index (χ0v) is 14.4. The van der Waals surface area contributed by atoms with Gasteiger partial charge < -0.3 is 14.8 Å². The Morgan fingerprint density at radius 1 is 1.04 bits per heavy atom. The maximum atomic E-state index is 4.70. The van der Waals surface area contributed by atoms with Crippen molar-refractivity contribution in [3.8, 4) is 0 Å². The summed E-state index contributed by atoms with van der Waals surface area (Å²) < 4.78 is 0. The molecule has 4 rings (SSSR count). The Balaban J connectivity index is 1.51. The number of nitrogens with zero attached hydrogens (tertiary/aromatic N) is 3. The predicted molar refractivity (Wildman–Crippen MR) is 96.2 cm³/mol.